The minimum Gasteiger partial charge on any atom is -0.481 e. The van der Waals surface area contributed by atoms with Crippen molar-refractivity contribution >= 4 is 5.97 Å². The lowest BCUT2D eigenvalue weighted by molar-refractivity contribution is -0.137. The summed E-state index contributed by atoms with van der Waals surface area (Å²) in [6.45, 7) is 0. The average molecular weight is 158 g/mol. The Labute approximate surface area is 66.4 Å². The quantitative estimate of drug-likeness (QED) is 0.670. The molecule has 0 saturated heterocycles. The van der Waals surface area contributed by atoms with Gasteiger partial charge >= 0.3 is 5.97 Å². The van der Waals surface area contributed by atoms with E-state index in [1.807, 2.05) is 0 Å². The minimum atomic E-state index is -0.689. The zero-order valence-electron chi connectivity index (χ0n) is 6.75. The van der Waals surface area contributed by atoms with Crippen molar-refractivity contribution in [2.75, 3.05) is 7.11 Å². The first-order valence-electron chi connectivity index (χ1n) is 3.97. The summed E-state index contributed by atoms with van der Waals surface area (Å²) >= 11 is 0. The SMILES string of the molecule is COC1CC(CCC(=O)O)C1. The number of carbonyl (C=O) groups is 1. The molecule has 1 aliphatic carbocycles. The van der Waals surface area contributed by atoms with E-state index in [0.29, 0.717) is 18.4 Å². The molecule has 0 aromatic rings. The average Bonchev–Trinajstić information content (AvgIpc) is 1.84. The molecule has 0 aliphatic heterocycles. The van der Waals surface area contributed by atoms with Crippen LogP contribution in [-0.4, -0.2) is 24.3 Å². The molecule has 3 heteroatoms. The van der Waals surface area contributed by atoms with Crippen molar-refractivity contribution in [2.24, 2.45) is 5.92 Å². The van der Waals surface area contributed by atoms with E-state index in [1.54, 1.807) is 7.11 Å². The van der Waals surface area contributed by atoms with Gasteiger partial charge in [0.05, 0.1) is 6.10 Å². The Morgan fingerprint density at radius 1 is 1.64 bits per heavy atom. The summed E-state index contributed by atoms with van der Waals surface area (Å²) in [5, 5.41) is 8.37. The van der Waals surface area contributed by atoms with Crippen molar-refractivity contribution in [1.29, 1.82) is 0 Å². The summed E-state index contributed by atoms with van der Waals surface area (Å²) in [5.74, 6) is -0.0954. The van der Waals surface area contributed by atoms with Crippen molar-refractivity contribution < 1.29 is 14.6 Å². The van der Waals surface area contributed by atoms with Gasteiger partial charge in [0.25, 0.3) is 0 Å². The van der Waals surface area contributed by atoms with Gasteiger partial charge in [0.15, 0.2) is 0 Å². The molecule has 1 fully saturated rings. The van der Waals surface area contributed by atoms with Gasteiger partial charge in [0.1, 0.15) is 0 Å². The zero-order chi connectivity index (χ0) is 8.27. The van der Waals surface area contributed by atoms with Crippen molar-refractivity contribution in [3.8, 4) is 0 Å². The van der Waals surface area contributed by atoms with E-state index in [1.165, 1.54) is 0 Å². The van der Waals surface area contributed by atoms with Crippen LogP contribution in [0.2, 0.25) is 0 Å². The Morgan fingerprint density at radius 3 is 2.73 bits per heavy atom. The number of carboxylic acid groups (broad SMARTS) is 1. The number of aliphatic carboxylic acids is 1. The molecule has 0 unspecified atom stereocenters. The monoisotopic (exact) mass is 158 g/mol. The third-order valence-corrected chi connectivity index (χ3v) is 2.29. The normalized spacial score (nSPS) is 29.5. The van der Waals surface area contributed by atoms with Gasteiger partial charge in [-0.05, 0) is 25.2 Å². The maximum atomic E-state index is 10.2. The second-order valence-electron chi connectivity index (χ2n) is 3.13. The molecule has 1 N–H and O–H groups in total. The van der Waals surface area contributed by atoms with Crippen LogP contribution in [-0.2, 0) is 9.53 Å². The highest BCUT2D eigenvalue weighted by atomic mass is 16.5. The highest BCUT2D eigenvalue weighted by molar-refractivity contribution is 5.66. The molecule has 64 valence electrons. The molecule has 1 saturated carbocycles. The maximum absolute atomic E-state index is 10.2. The van der Waals surface area contributed by atoms with Gasteiger partial charge < -0.3 is 9.84 Å². The predicted molar refractivity (Wildman–Crippen MR) is 40.4 cm³/mol. The van der Waals surface area contributed by atoms with E-state index in [9.17, 15) is 4.79 Å². The third kappa shape index (κ3) is 2.50. The lowest BCUT2D eigenvalue weighted by Gasteiger charge is -2.33. The number of carboxylic acids is 1. The van der Waals surface area contributed by atoms with E-state index in [2.05, 4.69) is 0 Å². The van der Waals surface area contributed by atoms with Crippen molar-refractivity contribution in [3.63, 3.8) is 0 Å². The van der Waals surface area contributed by atoms with Crippen LogP contribution in [0.4, 0.5) is 0 Å². The Hall–Kier alpha value is -0.570. The van der Waals surface area contributed by atoms with E-state index in [4.69, 9.17) is 9.84 Å². The molecule has 0 heterocycles. The molecule has 3 nitrogen and oxygen atoms in total. The molecule has 0 aromatic carbocycles. The molecule has 0 radical (unpaired) electrons. The summed E-state index contributed by atoms with van der Waals surface area (Å²) in [6.07, 6.45) is 3.61. The maximum Gasteiger partial charge on any atom is 0.303 e. The van der Waals surface area contributed by atoms with Crippen LogP contribution in [0.3, 0.4) is 0 Å². The topological polar surface area (TPSA) is 46.5 Å². The van der Waals surface area contributed by atoms with Crippen molar-refractivity contribution in [1.82, 2.24) is 0 Å². The second kappa shape index (κ2) is 3.72. The molecule has 0 atom stereocenters. The second-order valence-corrected chi connectivity index (χ2v) is 3.13. The van der Waals surface area contributed by atoms with Crippen LogP contribution in [0.15, 0.2) is 0 Å². The highest BCUT2D eigenvalue weighted by Crippen LogP contribution is 2.32. The van der Waals surface area contributed by atoms with Gasteiger partial charge in [-0.2, -0.15) is 0 Å². The summed E-state index contributed by atoms with van der Waals surface area (Å²) < 4.78 is 5.08. The van der Waals surface area contributed by atoms with E-state index >= 15 is 0 Å². The van der Waals surface area contributed by atoms with Gasteiger partial charge in [0.2, 0.25) is 0 Å². The van der Waals surface area contributed by atoms with Gasteiger partial charge in [-0.15, -0.1) is 0 Å². The van der Waals surface area contributed by atoms with Crippen LogP contribution in [0.5, 0.6) is 0 Å². The van der Waals surface area contributed by atoms with Crippen LogP contribution < -0.4 is 0 Å². The summed E-state index contributed by atoms with van der Waals surface area (Å²) in [7, 11) is 1.71. The summed E-state index contributed by atoms with van der Waals surface area (Å²) in [6, 6.07) is 0. The molecule has 1 aliphatic rings. The molecule has 0 spiro atoms. The Balaban J connectivity index is 2.00. The van der Waals surface area contributed by atoms with Crippen molar-refractivity contribution in [2.45, 2.75) is 31.8 Å². The van der Waals surface area contributed by atoms with Crippen LogP contribution in [0.25, 0.3) is 0 Å². The Kier molecular flexibility index (Phi) is 2.88. The number of hydrogen-bond acceptors (Lipinski definition) is 2. The molecular formula is C8H14O3. The smallest absolute Gasteiger partial charge is 0.303 e. The first-order chi connectivity index (χ1) is 5.22. The Morgan fingerprint density at radius 2 is 2.27 bits per heavy atom. The third-order valence-electron chi connectivity index (χ3n) is 2.29. The first-order valence-corrected chi connectivity index (χ1v) is 3.97. The highest BCUT2D eigenvalue weighted by Gasteiger charge is 2.28. The zero-order valence-corrected chi connectivity index (χ0v) is 6.75. The Bertz CT molecular complexity index is 138. The number of rotatable bonds is 4. The largest absolute Gasteiger partial charge is 0.481 e. The first kappa shape index (κ1) is 8.53. The molecule has 0 aromatic heterocycles. The number of methoxy groups -OCH3 is 1. The lowest BCUT2D eigenvalue weighted by Crippen LogP contribution is -2.30. The van der Waals surface area contributed by atoms with Gasteiger partial charge in [-0.3, -0.25) is 4.79 Å². The fraction of sp³-hybridized carbons (Fsp3) is 0.875. The van der Waals surface area contributed by atoms with Crippen LogP contribution in [0.1, 0.15) is 25.7 Å². The molecule has 1 rings (SSSR count). The number of ether oxygens (including phenoxy) is 1. The fourth-order valence-corrected chi connectivity index (χ4v) is 1.43. The number of hydrogen-bond donors (Lipinski definition) is 1. The predicted octanol–water partition coefficient (Wildman–Crippen LogP) is 1.28. The van der Waals surface area contributed by atoms with Crippen molar-refractivity contribution in [3.05, 3.63) is 0 Å². The standard InChI is InChI=1S/C8H14O3/c1-11-7-4-6(5-7)2-3-8(9)10/h6-7H,2-5H2,1H3,(H,9,10). The summed E-state index contributed by atoms with van der Waals surface area (Å²) in [5.41, 5.74) is 0. The van der Waals surface area contributed by atoms with Gasteiger partial charge in [-0.1, -0.05) is 0 Å². The molecular weight excluding hydrogens is 144 g/mol. The van der Waals surface area contributed by atoms with Crippen LogP contribution in [0, 0.1) is 5.92 Å². The van der Waals surface area contributed by atoms with Crippen LogP contribution >= 0.6 is 0 Å². The molecule has 0 amide bonds. The molecule has 0 bridgehead atoms. The lowest BCUT2D eigenvalue weighted by atomic mass is 9.79. The summed E-state index contributed by atoms with van der Waals surface area (Å²) in [4.78, 5) is 10.2. The fourth-order valence-electron chi connectivity index (χ4n) is 1.43. The van der Waals surface area contributed by atoms with E-state index in [-0.39, 0.29) is 0 Å². The van der Waals surface area contributed by atoms with Gasteiger partial charge in [-0.25, -0.2) is 0 Å². The van der Waals surface area contributed by atoms with Gasteiger partial charge in [0, 0.05) is 13.5 Å². The van der Waals surface area contributed by atoms with E-state index < -0.39 is 5.97 Å². The van der Waals surface area contributed by atoms with E-state index in [0.717, 1.165) is 19.3 Å². The molecule has 11 heavy (non-hydrogen) atoms. The minimum absolute atomic E-state index is 0.307.